The Morgan fingerprint density at radius 2 is 1.60 bits per heavy atom. The molecule has 0 spiro atoms. The molecule has 3 aromatic carbocycles. The molecule has 0 bridgehead atoms. The third-order valence-electron chi connectivity index (χ3n) is 5.93. The summed E-state index contributed by atoms with van der Waals surface area (Å²) < 4.78 is 11.4. The molecule has 0 aliphatic carbocycles. The van der Waals surface area contributed by atoms with E-state index in [9.17, 15) is 5.11 Å². The van der Waals surface area contributed by atoms with Crippen LogP contribution in [0, 0.1) is 0 Å². The van der Waals surface area contributed by atoms with Crippen molar-refractivity contribution in [2.75, 3.05) is 20.8 Å². The Hall–Kier alpha value is -2.98. The number of aromatic hydroxyl groups is 1. The van der Waals surface area contributed by atoms with Crippen LogP contribution in [0.15, 0.2) is 60.7 Å². The molecule has 0 radical (unpaired) electrons. The summed E-state index contributed by atoms with van der Waals surface area (Å²) in [7, 11) is 3.41. The monoisotopic (exact) mass is 403 g/mol. The van der Waals surface area contributed by atoms with Crippen molar-refractivity contribution in [3.63, 3.8) is 0 Å². The predicted octanol–water partition coefficient (Wildman–Crippen LogP) is 4.75. The normalized spacial score (nSPS) is 14.5. The van der Waals surface area contributed by atoms with Gasteiger partial charge in [0.05, 0.1) is 14.2 Å². The molecule has 4 rings (SSSR count). The summed E-state index contributed by atoms with van der Waals surface area (Å²) in [4.78, 5) is 2.45. The smallest absolute Gasteiger partial charge is 0.165 e. The Labute approximate surface area is 178 Å². The standard InChI is InChI=1S/C26H29NO3/c1-29-25-13-11-21-9-8-20-10-12-23(28)16-22(20)14-15-27(18-24(21)26(25)30-2)17-19-6-4-3-5-7-19/h3-7,10-13,16,28H,8-9,14-15,17-18H2,1-2H3. The summed E-state index contributed by atoms with van der Waals surface area (Å²) in [5.41, 5.74) is 6.31. The first kappa shape index (κ1) is 20.3. The lowest BCUT2D eigenvalue weighted by molar-refractivity contribution is 0.252. The largest absolute Gasteiger partial charge is 0.508 e. The number of aryl methyl sites for hydroxylation is 2. The van der Waals surface area contributed by atoms with Crippen LogP contribution in [0.4, 0.5) is 0 Å². The van der Waals surface area contributed by atoms with E-state index in [1.807, 2.05) is 18.2 Å². The van der Waals surface area contributed by atoms with Crippen LogP contribution < -0.4 is 9.47 Å². The Bertz CT molecular complexity index is 1000. The molecular weight excluding hydrogens is 374 g/mol. The van der Waals surface area contributed by atoms with Crippen molar-refractivity contribution >= 4 is 0 Å². The van der Waals surface area contributed by atoms with Gasteiger partial charge in [0.2, 0.25) is 0 Å². The van der Waals surface area contributed by atoms with Gasteiger partial charge in [-0.05, 0) is 59.7 Å². The van der Waals surface area contributed by atoms with E-state index >= 15 is 0 Å². The molecule has 30 heavy (non-hydrogen) atoms. The number of phenolic OH excluding ortho intramolecular Hbond substituents is 1. The molecule has 156 valence electrons. The summed E-state index contributed by atoms with van der Waals surface area (Å²) in [6, 6.07) is 20.5. The van der Waals surface area contributed by atoms with Crippen molar-refractivity contribution in [3.8, 4) is 17.2 Å². The van der Waals surface area contributed by atoms with Crippen molar-refractivity contribution < 1.29 is 14.6 Å². The maximum Gasteiger partial charge on any atom is 0.165 e. The summed E-state index contributed by atoms with van der Waals surface area (Å²) in [6.07, 6.45) is 2.77. The quantitative estimate of drug-likeness (QED) is 0.682. The van der Waals surface area contributed by atoms with Crippen LogP contribution in [0.25, 0.3) is 0 Å². The van der Waals surface area contributed by atoms with E-state index in [0.29, 0.717) is 5.75 Å². The average molecular weight is 404 g/mol. The van der Waals surface area contributed by atoms with E-state index in [0.717, 1.165) is 50.4 Å². The van der Waals surface area contributed by atoms with Crippen LogP contribution in [-0.2, 0) is 32.4 Å². The van der Waals surface area contributed by atoms with Crippen LogP contribution in [0.1, 0.15) is 27.8 Å². The number of nitrogens with zero attached hydrogens (tertiary/aromatic N) is 1. The molecule has 0 saturated heterocycles. The average Bonchev–Trinajstić information content (AvgIpc) is 2.77. The van der Waals surface area contributed by atoms with Crippen LogP contribution in [0.3, 0.4) is 0 Å². The molecular formula is C26H29NO3. The van der Waals surface area contributed by atoms with Crippen LogP contribution in [-0.4, -0.2) is 30.8 Å². The molecule has 1 heterocycles. The van der Waals surface area contributed by atoms with Crippen molar-refractivity contribution in [2.45, 2.75) is 32.4 Å². The lowest BCUT2D eigenvalue weighted by atomic mass is 9.93. The zero-order valence-corrected chi connectivity index (χ0v) is 17.7. The van der Waals surface area contributed by atoms with Gasteiger partial charge in [0.25, 0.3) is 0 Å². The number of rotatable bonds is 4. The zero-order valence-electron chi connectivity index (χ0n) is 17.7. The van der Waals surface area contributed by atoms with Gasteiger partial charge in [0, 0.05) is 25.2 Å². The first-order valence-corrected chi connectivity index (χ1v) is 10.5. The summed E-state index contributed by atoms with van der Waals surface area (Å²) >= 11 is 0. The number of methoxy groups -OCH3 is 2. The van der Waals surface area contributed by atoms with Gasteiger partial charge in [-0.3, -0.25) is 4.90 Å². The molecule has 4 nitrogen and oxygen atoms in total. The second kappa shape index (κ2) is 9.23. The Morgan fingerprint density at radius 1 is 0.833 bits per heavy atom. The minimum atomic E-state index is 0.340. The molecule has 0 atom stereocenters. The van der Waals surface area contributed by atoms with Gasteiger partial charge < -0.3 is 14.6 Å². The number of fused-ring (bicyclic) bond motifs is 2. The first-order chi connectivity index (χ1) is 14.7. The number of ether oxygens (including phenoxy) is 2. The van der Waals surface area contributed by atoms with Crippen LogP contribution >= 0.6 is 0 Å². The Kier molecular flexibility index (Phi) is 6.24. The highest BCUT2D eigenvalue weighted by Crippen LogP contribution is 2.36. The van der Waals surface area contributed by atoms with Crippen molar-refractivity contribution in [1.29, 1.82) is 0 Å². The number of hydrogen-bond donors (Lipinski definition) is 1. The van der Waals surface area contributed by atoms with E-state index in [1.165, 1.54) is 27.8 Å². The predicted molar refractivity (Wildman–Crippen MR) is 119 cm³/mol. The number of phenols is 1. The van der Waals surface area contributed by atoms with E-state index in [4.69, 9.17) is 9.47 Å². The fraction of sp³-hybridized carbons (Fsp3) is 0.308. The number of benzene rings is 3. The topological polar surface area (TPSA) is 41.9 Å². The minimum absolute atomic E-state index is 0.340. The summed E-state index contributed by atoms with van der Waals surface area (Å²) in [5.74, 6) is 1.95. The van der Waals surface area contributed by atoms with Gasteiger partial charge in [0.15, 0.2) is 11.5 Å². The van der Waals surface area contributed by atoms with Gasteiger partial charge in [0.1, 0.15) is 5.75 Å². The van der Waals surface area contributed by atoms with Gasteiger partial charge in [-0.15, -0.1) is 0 Å². The highest BCUT2D eigenvalue weighted by molar-refractivity contribution is 5.51. The van der Waals surface area contributed by atoms with Crippen molar-refractivity contribution in [3.05, 3.63) is 88.5 Å². The minimum Gasteiger partial charge on any atom is -0.508 e. The molecule has 0 aromatic heterocycles. The maximum absolute atomic E-state index is 10.0. The summed E-state index contributed by atoms with van der Waals surface area (Å²) in [5, 5.41) is 10.0. The van der Waals surface area contributed by atoms with E-state index < -0.39 is 0 Å². The van der Waals surface area contributed by atoms with Gasteiger partial charge in [-0.1, -0.05) is 42.5 Å². The fourth-order valence-electron chi connectivity index (χ4n) is 4.36. The summed E-state index contributed by atoms with van der Waals surface area (Å²) in [6.45, 7) is 2.54. The Morgan fingerprint density at radius 3 is 2.37 bits per heavy atom. The Balaban J connectivity index is 1.75. The third kappa shape index (κ3) is 4.44. The molecule has 0 fully saturated rings. The van der Waals surface area contributed by atoms with E-state index in [2.05, 4.69) is 41.3 Å². The molecule has 0 unspecified atom stereocenters. The molecule has 4 heteroatoms. The van der Waals surface area contributed by atoms with Crippen LogP contribution in [0.2, 0.25) is 0 Å². The van der Waals surface area contributed by atoms with E-state index in [-0.39, 0.29) is 0 Å². The highest BCUT2D eigenvalue weighted by atomic mass is 16.5. The van der Waals surface area contributed by atoms with Gasteiger partial charge >= 0.3 is 0 Å². The van der Waals surface area contributed by atoms with Crippen LogP contribution in [0.5, 0.6) is 17.2 Å². The van der Waals surface area contributed by atoms with E-state index in [1.54, 1.807) is 20.3 Å². The fourth-order valence-corrected chi connectivity index (χ4v) is 4.36. The molecule has 3 aromatic rings. The lowest BCUT2D eigenvalue weighted by Gasteiger charge is -2.27. The molecule has 0 saturated carbocycles. The van der Waals surface area contributed by atoms with Crippen molar-refractivity contribution in [2.24, 2.45) is 0 Å². The molecule has 1 aliphatic rings. The lowest BCUT2D eigenvalue weighted by Crippen LogP contribution is -2.27. The zero-order chi connectivity index (χ0) is 20.9. The molecule has 1 aliphatic heterocycles. The molecule has 0 amide bonds. The highest BCUT2D eigenvalue weighted by Gasteiger charge is 2.20. The third-order valence-corrected chi connectivity index (χ3v) is 5.93. The SMILES string of the molecule is COc1ccc2c(c1OC)CN(Cc1ccccc1)CCc1cc(O)ccc1CC2. The second-order valence-corrected chi connectivity index (χ2v) is 7.84. The van der Waals surface area contributed by atoms with Gasteiger partial charge in [-0.2, -0.15) is 0 Å². The first-order valence-electron chi connectivity index (χ1n) is 10.5. The maximum atomic E-state index is 10.0. The molecule has 1 N–H and O–H groups in total. The second-order valence-electron chi connectivity index (χ2n) is 7.84. The van der Waals surface area contributed by atoms with Gasteiger partial charge in [-0.25, -0.2) is 0 Å². The number of hydrogen-bond acceptors (Lipinski definition) is 4. The van der Waals surface area contributed by atoms with Crippen molar-refractivity contribution in [1.82, 2.24) is 4.90 Å².